The van der Waals surface area contributed by atoms with Gasteiger partial charge in [-0.25, -0.2) is 0 Å². The average Bonchev–Trinajstić information content (AvgIpc) is 2.68. The molecule has 0 amide bonds. The highest BCUT2D eigenvalue weighted by molar-refractivity contribution is 5.97. The van der Waals surface area contributed by atoms with Crippen LogP contribution in [0.4, 0.5) is 5.69 Å². The number of allylic oxidation sites excluding steroid dienone is 1. The van der Waals surface area contributed by atoms with E-state index in [9.17, 15) is 4.79 Å². The molecule has 3 N–H and O–H groups in total. The number of carboxylic acids is 1. The van der Waals surface area contributed by atoms with Crippen LogP contribution in [0, 0.1) is 11.5 Å². The molecule has 156 valence electrons. The van der Waals surface area contributed by atoms with Crippen LogP contribution in [0.5, 0.6) is 0 Å². The Labute approximate surface area is 177 Å². The van der Waals surface area contributed by atoms with Crippen molar-refractivity contribution in [2.24, 2.45) is 10.7 Å². The van der Waals surface area contributed by atoms with Crippen LogP contribution in [-0.4, -0.2) is 27.6 Å². The van der Waals surface area contributed by atoms with Gasteiger partial charge in [-0.2, -0.15) is 5.26 Å². The minimum Gasteiger partial charge on any atom is -0.481 e. The third-order valence-electron chi connectivity index (χ3n) is 4.40. The SMILES string of the molecule is CC(C)(C)N(C(N)=NC#N)c1cccc(/C(=C\CCCC(=O)O)c2cccnc2)c1. The Balaban J connectivity index is 2.50. The van der Waals surface area contributed by atoms with Crippen LogP contribution < -0.4 is 10.6 Å². The largest absolute Gasteiger partial charge is 0.481 e. The molecule has 0 saturated heterocycles. The summed E-state index contributed by atoms with van der Waals surface area (Å²) in [6.07, 6.45) is 8.57. The zero-order valence-electron chi connectivity index (χ0n) is 17.5. The number of nitriles is 1. The van der Waals surface area contributed by atoms with E-state index in [1.54, 1.807) is 18.6 Å². The zero-order valence-corrected chi connectivity index (χ0v) is 17.5. The van der Waals surface area contributed by atoms with E-state index in [2.05, 4.69) is 9.98 Å². The Hall–Kier alpha value is -3.66. The number of aliphatic imine (C=N–C) groups is 1. The molecule has 7 heteroatoms. The van der Waals surface area contributed by atoms with Crippen LogP contribution in [0.2, 0.25) is 0 Å². The number of benzene rings is 1. The number of pyridine rings is 1. The second-order valence-corrected chi connectivity index (χ2v) is 7.77. The average molecular weight is 406 g/mol. The summed E-state index contributed by atoms with van der Waals surface area (Å²) in [4.78, 5) is 20.6. The lowest BCUT2D eigenvalue weighted by molar-refractivity contribution is -0.137. The molecule has 30 heavy (non-hydrogen) atoms. The van der Waals surface area contributed by atoms with Crippen molar-refractivity contribution in [3.05, 3.63) is 66.0 Å². The molecule has 0 radical (unpaired) electrons. The summed E-state index contributed by atoms with van der Waals surface area (Å²) in [5, 5.41) is 17.8. The van der Waals surface area contributed by atoms with Gasteiger partial charge in [0.2, 0.25) is 12.2 Å². The number of rotatable bonds is 7. The van der Waals surface area contributed by atoms with Gasteiger partial charge in [0.15, 0.2) is 0 Å². The molecule has 0 unspecified atom stereocenters. The Morgan fingerprint density at radius 2 is 2.03 bits per heavy atom. The number of nitrogens with zero attached hydrogens (tertiary/aromatic N) is 4. The number of aliphatic carboxylic acids is 1. The molecule has 0 fully saturated rings. The summed E-state index contributed by atoms with van der Waals surface area (Å²) in [5.74, 6) is -0.683. The van der Waals surface area contributed by atoms with Crippen molar-refractivity contribution in [2.45, 2.75) is 45.6 Å². The van der Waals surface area contributed by atoms with E-state index >= 15 is 0 Å². The number of aromatic nitrogens is 1. The van der Waals surface area contributed by atoms with E-state index in [-0.39, 0.29) is 12.4 Å². The van der Waals surface area contributed by atoms with Gasteiger partial charge in [-0.3, -0.25) is 9.78 Å². The first kappa shape index (κ1) is 22.6. The maximum atomic E-state index is 10.8. The molecule has 1 aromatic heterocycles. The highest BCUT2D eigenvalue weighted by Gasteiger charge is 2.25. The maximum absolute atomic E-state index is 10.8. The highest BCUT2D eigenvalue weighted by Crippen LogP contribution is 2.30. The Morgan fingerprint density at radius 3 is 2.63 bits per heavy atom. The number of unbranched alkanes of at least 4 members (excludes halogenated alkanes) is 1. The molecule has 2 rings (SSSR count). The van der Waals surface area contributed by atoms with Gasteiger partial charge in [-0.1, -0.05) is 24.3 Å². The van der Waals surface area contributed by atoms with Crippen molar-refractivity contribution in [2.75, 3.05) is 4.90 Å². The smallest absolute Gasteiger partial charge is 0.303 e. The Morgan fingerprint density at radius 1 is 1.30 bits per heavy atom. The molecule has 0 atom stereocenters. The minimum absolute atomic E-state index is 0.121. The Bertz CT molecular complexity index is 969. The molecule has 2 aromatic rings. The van der Waals surface area contributed by atoms with Crippen molar-refractivity contribution >= 4 is 23.2 Å². The van der Waals surface area contributed by atoms with E-state index in [0.717, 1.165) is 22.4 Å². The molecule has 1 aromatic carbocycles. The van der Waals surface area contributed by atoms with Gasteiger partial charge < -0.3 is 15.7 Å². The first-order valence-corrected chi connectivity index (χ1v) is 9.69. The van der Waals surface area contributed by atoms with E-state index in [1.807, 2.05) is 68.1 Å². The summed E-state index contributed by atoms with van der Waals surface area (Å²) in [6.45, 7) is 5.97. The second-order valence-electron chi connectivity index (χ2n) is 7.77. The zero-order chi connectivity index (χ0) is 22.1. The molecular weight excluding hydrogens is 378 g/mol. The van der Waals surface area contributed by atoms with Crippen molar-refractivity contribution < 1.29 is 9.90 Å². The molecule has 1 heterocycles. The number of hydrogen-bond acceptors (Lipinski definition) is 4. The van der Waals surface area contributed by atoms with Gasteiger partial charge in [0, 0.05) is 35.6 Å². The monoisotopic (exact) mass is 405 g/mol. The first-order valence-electron chi connectivity index (χ1n) is 9.69. The number of carbonyl (C=O) groups is 1. The number of nitrogens with two attached hydrogens (primary N) is 1. The fourth-order valence-corrected chi connectivity index (χ4v) is 3.20. The Kier molecular flexibility index (Phi) is 7.70. The molecule has 0 aliphatic rings. The van der Waals surface area contributed by atoms with Crippen LogP contribution in [0.25, 0.3) is 5.57 Å². The first-order chi connectivity index (χ1) is 14.2. The summed E-state index contributed by atoms with van der Waals surface area (Å²) in [6, 6.07) is 11.6. The van der Waals surface area contributed by atoms with Gasteiger partial charge >= 0.3 is 5.97 Å². The van der Waals surface area contributed by atoms with Crippen LogP contribution in [0.3, 0.4) is 0 Å². The van der Waals surface area contributed by atoms with E-state index in [4.69, 9.17) is 16.1 Å². The van der Waals surface area contributed by atoms with Gasteiger partial charge in [-0.05, 0) is 62.9 Å². The quantitative estimate of drug-likeness (QED) is 0.309. The molecule has 0 spiro atoms. The van der Waals surface area contributed by atoms with E-state index < -0.39 is 11.5 Å². The molecular formula is C23H27N5O2. The fraction of sp³-hybridized carbons (Fsp3) is 0.304. The van der Waals surface area contributed by atoms with Crippen LogP contribution >= 0.6 is 0 Å². The number of guanidine groups is 1. The lowest BCUT2D eigenvalue weighted by atomic mass is 9.96. The molecule has 0 aliphatic carbocycles. The number of anilines is 1. The maximum Gasteiger partial charge on any atom is 0.303 e. The third kappa shape index (κ3) is 6.17. The van der Waals surface area contributed by atoms with E-state index in [0.29, 0.717) is 12.8 Å². The number of hydrogen-bond donors (Lipinski definition) is 2. The van der Waals surface area contributed by atoms with Gasteiger partial charge in [0.1, 0.15) is 0 Å². The molecule has 0 saturated carbocycles. The standard InChI is InChI=1S/C23H27N5O2/c1-23(2,3)28(22(25)27-16-24)19-10-6-8-17(14-19)20(11-4-5-12-21(29)30)18-9-7-13-26-15-18/h6-11,13-15H,4-5,12H2,1-3H3,(H2,25,27)(H,29,30)/b20-11+. The van der Waals surface area contributed by atoms with Crippen LogP contribution in [0.1, 0.15) is 51.2 Å². The van der Waals surface area contributed by atoms with Crippen molar-refractivity contribution in [3.63, 3.8) is 0 Å². The lowest BCUT2D eigenvalue weighted by Gasteiger charge is -2.36. The summed E-state index contributed by atoms with van der Waals surface area (Å²) in [7, 11) is 0. The molecule has 7 nitrogen and oxygen atoms in total. The predicted molar refractivity (Wildman–Crippen MR) is 119 cm³/mol. The molecule has 0 aliphatic heterocycles. The second kappa shape index (κ2) is 10.2. The minimum atomic E-state index is -0.804. The fourth-order valence-electron chi connectivity index (χ4n) is 3.20. The van der Waals surface area contributed by atoms with Gasteiger partial charge in [0.25, 0.3) is 0 Å². The molecule has 0 bridgehead atoms. The topological polar surface area (TPSA) is 116 Å². The van der Waals surface area contributed by atoms with Crippen LogP contribution in [-0.2, 0) is 4.79 Å². The van der Waals surface area contributed by atoms with Crippen LogP contribution in [0.15, 0.2) is 59.9 Å². The summed E-state index contributed by atoms with van der Waals surface area (Å²) < 4.78 is 0. The highest BCUT2D eigenvalue weighted by atomic mass is 16.4. The summed E-state index contributed by atoms with van der Waals surface area (Å²) in [5.41, 5.74) is 9.32. The normalized spacial score (nSPS) is 12.3. The lowest BCUT2D eigenvalue weighted by Crippen LogP contribution is -2.49. The summed E-state index contributed by atoms with van der Waals surface area (Å²) >= 11 is 0. The van der Waals surface area contributed by atoms with Gasteiger partial charge in [-0.15, -0.1) is 4.99 Å². The van der Waals surface area contributed by atoms with Crippen molar-refractivity contribution in [1.82, 2.24) is 4.98 Å². The van der Waals surface area contributed by atoms with Crippen molar-refractivity contribution in [1.29, 1.82) is 5.26 Å². The number of carboxylic acid groups (broad SMARTS) is 1. The van der Waals surface area contributed by atoms with Gasteiger partial charge in [0.05, 0.1) is 0 Å². The van der Waals surface area contributed by atoms with Crippen molar-refractivity contribution in [3.8, 4) is 6.19 Å². The van der Waals surface area contributed by atoms with E-state index in [1.165, 1.54) is 0 Å². The third-order valence-corrected chi connectivity index (χ3v) is 4.40. The predicted octanol–water partition coefficient (Wildman–Crippen LogP) is 4.17.